The molecule has 116 valence electrons. The average Bonchev–Trinajstić information content (AvgIpc) is 2.83. The summed E-state index contributed by atoms with van der Waals surface area (Å²) in [4.78, 5) is 25.2. The number of nitrogens with zero attached hydrogens (tertiary/aromatic N) is 1. The summed E-state index contributed by atoms with van der Waals surface area (Å²) < 4.78 is 5.05. The van der Waals surface area contributed by atoms with Crippen LogP contribution in [0, 0.1) is 5.92 Å². The second-order valence-electron chi connectivity index (χ2n) is 5.24. The predicted octanol–water partition coefficient (Wildman–Crippen LogP) is 1.61. The maximum atomic E-state index is 12.4. The zero-order chi connectivity index (χ0) is 15.3. The van der Waals surface area contributed by atoms with Gasteiger partial charge in [0.25, 0.3) is 0 Å². The minimum absolute atomic E-state index is 0.0969. The lowest BCUT2D eigenvalue weighted by molar-refractivity contribution is -0.141. The Kier molecular flexibility index (Phi) is 6.61. The van der Waals surface area contributed by atoms with Crippen LogP contribution in [-0.2, 0) is 9.53 Å². The standard InChI is InChI=1S/C13H24N2O4S/c1-5-9(6-19-4)14-13(18)15-10(12(16)17)7-20-11(15)8(2)3/h8-11H,5-7H2,1-4H3,(H,14,18)(H,16,17). The molecule has 0 aliphatic carbocycles. The van der Waals surface area contributed by atoms with Crippen LogP contribution in [0.2, 0.25) is 0 Å². The van der Waals surface area contributed by atoms with Gasteiger partial charge in [0.05, 0.1) is 18.0 Å². The number of rotatable bonds is 6. The maximum absolute atomic E-state index is 12.4. The van der Waals surface area contributed by atoms with Gasteiger partial charge in [0, 0.05) is 12.9 Å². The van der Waals surface area contributed by atoms with Gasteiger partial charge in [0.2, 0.25) is 0 Å². The Morgan fingerprint density at radius 1 is 1.50 bits per heavy atom. The van der Waals surface area contributed by atoms with E-state index in [0.29, 0.717) is 12.4 Å². The first kappa shape index (κ1) is 17.1. The normalized spacial score (nSPS) is 23.9. The van der Waals surface area contributed by atoms with Crippen LogP contribution in [0.3, 0.4) is 0 Å². The van der Waals surface area contributed by atoms with Gasteiger partial charge < -0.3 is 15.2 Å². The highest BCUT2D eigenvalue weighted by molar-refractivity contribution is 8.00. The van der Waals surface area contributed by atoms with Gasteiger partial charge in [-0.2, -0.15) is 0 Å². The van der Waals surface area contributed by atoms with E-state index in [-0.39, 0.29) is 23.4 Å². The van der Waals surface area contributed by atoms with E-state index in [2.05, 4.69) is 5.32 Å². The Hall–Kier alpha value is -0.950. The molecule has 0 aromatic rings. The first-order chi connectivity index (χ1) is 9.42. The zero-order valence-corrected chi connectivity index (χ0v) is 13.3. The minimum Gasteiger partial charge on any atom is -0.480 e. The lowest BCUT2D eigenvalue weighted by Crippen LogP contribution is -2.54. The molecule has 6 nitrogen and oxygen atoms in total. The molecule has 0 radical (unpaired) electrons. The molecule has 1 aliphatic rings. The summed E-state index contributed by atoms with van der Waals surface area (Å²) in [5.74, 6) is -0.305. The topological polar surface area (TPSA) is 78.9 Å². The average molecular weight is 304 g/mol. The van der Waals surface area contributed by atoms with Crippen LogP contribution in [-0.4, -0.2) is 58.9 Å². The quantitative estimate of drug-likeness (QED) is 0.779. The minimum atomic E-state index is -0.949. The van der Waals surface area contributed by atoms with E-state index in [4.69, 9.17) is 4.74 Å². The van der Waals surface area contributed by atoms with Crippen LogP contribution in [0.5, 0.6) is 0 Å². The summed E-state index contributed by atoms with van der Waals surface area (Å²) in [6, 6.07) is -1.17. The highest BCUT2D eigenvalue weighted by Crippen LogP contribution is 2.34. The third kappa shape index (κ3) is 4.02. The molecule has 3 atom stereocenters. The Balaban J connectivity index is 2.80. The van der Waals surface area contributed by atoms with Crippen molar-refractivity contribution in [3.63, 3.8) is 0 Å². The summed E-state index contributed by atoms with van der Waals surface area (Å²) >= 11 is 1.52. The maximum Gasteiger partial charge on any atom is 0.327 e. The molecule has 0 aromatic heterocycles. The van der Waals surface area contributed by atoms with Gasteiger partial charge in [-0.3, -0.25) is 4.90 Å². The van der Waals surface area contributed by atoms with Gasteiger partial charge in [-0.1, -0.05) is 20.8 Å². The fourth-order valence-corrected chi connectivity index (χ4v) is 3.67. The number of carbonyl (C=O) groups is 2. The van der Waals surface area contributed by atoms with Crippen molar-refractivity contribution in [2.75, 3.05) is 19.5 Å². The number of carbonyl (C=O) groups excluding carboxylic acids is 1. The largest absolute Gasteiger partial charge is 0.480 e. The Bertz CT molecular complexity index is 351. The molecular formula is C13H24N2O4S. The molecule has 1 fully saturated rings. The predicted molar refractivity (Wildman–Crippen MR) is 78.8 cm³/mol. The Morgan fingerprint density at radius 3 is 2.60 bits per heavy atom. The fraction of sp³-hybridized carbons (Fsp3) is 0.846. The van der Waals surface area contributed by atoms with Gasteiger partial charge in [0.15, 0.2) is 0 Å². The second kappa shape index (κ2) is 7.73. The summed E-state index contributed by atoms with van der Waals surface area (Å²) in [7, 11) is 1.58. The number of ether oxygens (including phenoxy) is 1. The smallest absolute Gasteiger partial charge is 0.327 e. The molecule has 1 rings (SSSR count). The zero-order valence-electron chi connectivity index (χ0n) is 12.5. The number of methoxy groups -OCH3 is 1. The summed E-state index contributed by atoms with van der Waals surface area (Å²) in [6.07, 6.45) is 0.741. The van der Waals surface area contributed by atoms with Crippen molar-refractivity contribution in [3.8, 4) is 0 Å². The number of aliphatic carboxylic acids is 1. The molecule has 1 aliphatic heterocycles. The van der Waals surface area contributed by atoms with Crippen molar-refractivity contribution in [1.29, 1.82) is 0 Å². The van der Waals surface area contributed by atoms with Crippen molar-refractivity contribution in [2.45, 2.75) is 44.6 Å². The molecule has 3 unspecified atom stereocenters. The van der Waals surface area contributed by atoms with Crippen molar-refractivity contribution >= 4 is 23.8 Å². The number of carboxylic acid groups (broad SMARTS) is 1. The van der Waals surface area contributed by atoms with E-state index in [1.165, 1.54) is 16.7 Å². The lowest BCUT2D eigenvalue weighted by atomic mass is 10.1. The third-order valence-corrected chi connectivity index (χ3v) is 4.93. The Morgan fingerprint density at radius 2 is 2.15 bits per heavy atom. The van der Waals surface area contributed by atoms with Crippen molar-refractivity contribution in [1.82, 2.24) is 10.2 Å². The summed E-state index contributed by atoms with van der Waals surface area (Å²) in [6.45, 7) is 6.37. The lowest BCUT2D eigenvalue weighted by Gasteiger charge is -2.31. The van der Waals surface area contributed by atoms with Gasteiger partial charge >= 0.3 is 12.0 Å². The molecule has 1 heterocycles. The number of nitrogens with one attached hydrogen (secondary N) is 1. The second-order valence-corrected chi connectivity index (χ2v) is 6.39. The van der Waals surface area contributed by atoms with Crippen LogP contribution in [0.1, 0.15) is 27.2 Å². The van der Waals surface area contributed by atoms with Crippen molar-refractivity contribution in [3.05, 3.63) is 0 Å². The first-order valence-corrected chi connectivity index (χ1v) is 7.89. The molecular weight excluding hydrogens is 280 g/mol. The van der Waals surface area contributed by atoms with E-state index < -0.39 is 12.0 Å². The van der Waals surface area contributed by atoms with Crippen LogP contribution in [0.25, 0.3) is 0 Å². The van der Waals surface area contributed by atoms with Gasteiger partial charge in [-0.05, 0) is 12.3 Å². The SMILES string of the molecule is CCC(COC)NC(=O)N1C(C(=O)O)CSC1C(C)C. The molecule has 0 aromatic carbocycles. The van der Waals surface area contributed by atoms with E-state index in [0.717, 1.165) is 6.42 Å². The van der Waals surface area contributed by atoms with E-state index >= 15 is 0 Å². The van der Waals surface area contributed by atoms with E-state index in [1.54, 1.807) is 7.11 Å². The number of thioether (sulfide) groups is 1. The highest BCUT2D eigenvalue weighted by Gasteiger charge is 2.43. The van der Waals surface area contributed by atoms with E-state index in [9.17, 15) is 14.7 Å². The van der Waals surface area contributed by atoms with E-state index in [1.807, 2.05) is 20.8 Å². The summed E-state index contributed by atoms with van der Waals surface area (Å²) in [5.41, 5.74) is 0. The molecule has 2 amide bonds. The molecule has 0 bridgehead atoms. The molecule has 1 saturated heterocycles. The van der Waals surface area contributed by atoms with Crippen molar-refractivity contribution < 1.29 is 19.4 Å². The number of hydrogen-bond acceptors (Lipinski definition) is 4. The highest BCUT2D eigenvalue weighted by atomic mass is 32.2. The molecule has 20 heavy (non-hydrogen) atoms. The third-order valence-electron chi connectivity index (χ3n) is 3.31. The monoisotopic (exact) mass is 304 g/mol. The number of hydrogen-bond donors (Lipinski definition) is 2. The van der Waals surface area contributed by atoms with Crippen LogP contribution < -0.4 is 5.32 Å². The molecule has 7 heteroatoms. The molecule has 0 spiro atoms. The van der Waals surface area contributed by atoms with Gasteiger partial charge in [-0.15, -0.1) is 11.8 Å². The first-order valence-electron chi connectivity index (χ1n) is 6.84. The van der Waals surface area contributed by atoms with Crippen LogP contribution in [0.15, 0.2) is 0 Å². The van der Waals surface area contributed by atoms with Crippen LogP contribution >= 0.6 is 11.8 Å². The van der Waals surface area contributed by atoms with Gasteiger partial charge in [-0.25, -0.2) is 9.59 Å². The summed E-state index contributed by atoms with van der Waals surface area (Å²) in [5, 5.41) is 12.0. The Labute approximate surface area is 124 Å². The van der Waals surface area contributed by atoms with Gasteiger partial charge in [0.1, 0.15) is 6.04 Å². The van der Waals surface area contributed by atoms with Crippen molar-refractivity contribution in [2.24, 2.45) is 5.92 Å². The van der Waals surface area contributed by atoms with Crippen LogP contribution in [0.4, 0.5) is 4.79 Å². The number of amides is 2. The number of urea groups is 1. The molecule has 0 saturated carbocycles. The molecule has 2 N–H and O–H groups in total. The number of carboxylic acids is 1. The fourth-order valence-electron chi connectivity index (χ4n) is 2.20.